The minimum absolute atomic E-state index is 0.167. The number of carbonyl (C=O) groups is 1. The van der Waals surface area contributed by atoms with Crippen molar-refractivity contribution in [1.29, 1.82) is 0 Å². The summed E-state index contributed by atoms with van der Waals surface area (Å²) in [6, 6.07) is 6.95. The van der Waals surface area contributed by atoms with E-state index in [0.29, 0.717) is 39.1 Å². The molecule has 19 nitrogen and oxygen atoms in total. The van der Waals surface area contributed by atoms with Gasteiger partial charge < -0.3 is 63.8 Å². The van der Waals surface area contributed by atoms with Crippen LogP contribution in [0.3, 0.4) is 0 Å². The van der Waals surface area contributed by atoms with E-state index in [0.717, 1.165) is 29.0 Å². The molecule has 1 unspecified atom stereocenters. The van der Waals surface area contributed by atoms with Gasteiger partial charge in [-0.3, -0.25) is 14.6 Å². The lowest BCUT2D eigenvalue weighted by molar-refractivity contribution is -0.302. The quantitative estimate of drug-likeness (QED) is 0.0922. The van der Waals surface area contributed by atoms with Gasteiger partial charge in [0.2, 0.25) is 0 Å². The van der Waals surface area contributed by atoms with E-state index in [9.17, 15) is 30.3 Å². The third-order valence-corrected chi connectivity index (χ3v) is 16.3. The Morgan fingerprint density at radius 3 is 2.33 bits per heavy atom. The predicted molar refractivity (Wildman–Crippen MR) is 270 cm³/mol. The molecule has 0 saturated carbocycles. The highest BCUT2D eigenvalue weighted by molar-refractivity contribution is 5.73. The van der Waals surface area contributed by atoms with Crippen molar-refractivity contribution in [3.05, 3.63) is 48.5 Å². The smallest absolute Gasteiger partial charge is 0.309 e. The van der Waals surface area contributed by atoms with Gasteiger partial charge in [-0.05, 0) is 104 Å². The van der Waals surface area contributed by atoms with Crippen LogP contribution in [0.5, 0.6) is 5.75 Å². The van der Waals surface area contributed by atoms with Crippen LogP contribution in [0.1, 0.15) is 107 Å². The Labute approximate surface area is 426 Å². The lowest BCUT2D eigenvalue weighted by atomic mass is 9.68. The Balaban J connectivity index is 1.20. The Morgan fingerprint density at radius 2 is 1.68 bits per heavy atom. The number of rotatable bonds is 15. The number of hydrogen-bond acceptors (Lipinski definition) is 17. The zero-order chi connectivity index (χ0) is 52.9. The number of nitrogens with one attached hydrogen (secondary N) is 1. The number of aromatic amines is 1. The average Bonchev–Trinajstić information content (AvgIpc) is 4.05. The Bertz CT molecular complexity index is 2130. The fourth-order valence-corrected chi connectivity index (χ4v) is 11.8. The van der Waals surface area contributed by atoms with Crippen molar-refractivity contribution in [2.45, 2.75) is 198 Å². The number of methoxy groups -OCH3 is 1. The Morgan fingerprint density at radius 1 is 0.972 bits per heavy atom. The van der Waals surface area contributed by atoms with Gasteiger partial charge in [-0.2, -0.15) is 5.10 Å². The summed E-state index contributed by atoms with van der Waals surface area (Å²) in [4.78, 5) is 18.6. The number of cyclic esters (lactones) is 1. The summed E-state index contributed by atoms with van der Waals surface area (Å²) in [5.74, 6) is -2.32. The molecule has 3 fully saturated rings. The molecule has 72 heavy (non-hydrogen) atoms. The SMILES string of the molecule is CC[C@H]1OC(=O)[C@H](C)C([C@H]2C[C@@](C)(OC)[C@@H](O)[C@H](C)O2)[C@H](C)[C@@H](O[C@@H]2O[C@H](C)C[C@H](N(C)CCc3cn(CCCOc4ccc(-c5cn[nH]c5)cc4)nn3)[C@H]2O)[C@](C)(O)C[C@@H](C)CN(C)[C@H](C)[C@@H](O)[C@]1(C)O. The third-order valence-electron chi connectivity index (χ3n) is 16.3. The molecular weight excluding hydrogens is 927 g/mol. The van der Waals surface area contributed by atoms with Gasteiger partial charge in [0.15, 0.2) is 6.29 Å². The molecule has 0 amide bonds. The van der Waals surface area contributed by atoms with E-state index < -0.39 is 102 Å². The van der Waals surface area contributed by atoms with Gasteiger partial charge in [0.25, 0.3) is 0 Å². The van der Waals surface area contributed by atoms with Gasteiger partial charge in [-0.1, -0.05) is 45.0 Å². The summed E-state index contributed by atoms with van der Waals surface area (Å²) in [5.41, 5.74) is -1.56. The summed E-state index contributed by atoms with van der Waals surface area (Å²) < 4.78 is 40.0. The van der Waals surface area contributed by atoms with Crippen molar-refractivity contribution in [3.8, 4) is 16.9 Å². The van der Waals surface area contributed by atoms with Crippen molar-refractivity contribution in [2.24, 2.45) is 23.7 Å². The van der Waals surface area contributed by atoms with Crippen LogP contribution in [0.15, 0.2) is 42.9 Å². The number of aromatic nitrogens is 5. The van der Waals surface area contributed by atoms with E-state index in [1.54, 1.807) is 33.9 Å². The van der Waals surface area contributed by atoms with E-state index in [1.807, 2.05) is 95.0 Å². The van der Waals surface area contributed by atoms with Crippen molar-refractivity contribution in [1.82, 2.24) is 35.0 Å². The summed E-state index contributed by atoms with van der Waals surface area (Å²) in [7, 11) is 5.35. The molecule has 406 valence electrons. The van der Waals surface area contributed by atoms with E-state index in [-0.39, 0.29) is 31.3 Å². The topological polar surface area (TPSA) is 239 Å². The third kappa shape index (κ3) is 13.4. The summed E-state index contributed by atoms with van der Waals surface area (Å²) in [5, 5.41) is 75.7. The van der Waals surface area contributed by atoms with Gasteiger partial charge in [0.05, 0.1) is 60.0 Å². The fourth-order valence-electron chi connectivity index (χ4n) is 11.8. The highest BCUT2D eigenvalue weighted by Gasteiger charge is 2.55. The number of nitrogens with zero attached hydrogens (tertiary/aromatic N) is 6. The second-order valence-corrected chi connectivity index (χ2v) is 22.2. The van der Waals surface area contributed by atoms with E-state index >= 15 is 0 Å². The lowest BCUT2D eigenvalue weighted by Crippen LogP contribution is -2.62. The zero-order valence-electron chi connectivity index (χ0n) is 45.0. The monoisotopic (exact) mass is 1010 g/mol. The van der Waals surface area contributed by atoms with E-state index in [4.69, 9.17) is 28.4 Å². The van der Waals surface area contributed by atoms with Crippen molar-refractivity contribution >= 4 is 5.97 Å². The molecule has 5 heterocycles. The van der Waals surface area contributed by atoms with Gasteiger partial charge in [0, 0.05) is 82.0 Å². The van der Waals surface area contributed by atoms with Crippen LogP contribution in [0, 0.1) is 23.7 Å². The first-order valence-electron chi connectivity index (χ1n) is 26.1. The van der Waals surface area contributed by atoms with Crippen LogP contribution in [-0.4, -0.2) is 191 Å². The summed E-state index contributed by atoms with van der Waals surface area (Å²) in [6.07, 6.45) is -0.379. The van der Waals surface area contributed by atoms with Crippen LogP contribution in [0.25, 0.3) is 11.1 Å². The number of carbonyl (C=O) groups excluding carboxylic acids is 1. The Hall–Kier alpha value is -3.60. The first kappa shape index (κ1) is 57.7. The first-order chi connectivity index (χ1) is 33.9. The molecule has 2 aromatic heterocycles. The van der Waals surface area contributed by atoms with Gasteiger partial charge in [-0.15, -0.1) is 5.10 Å². The van der Waals surface area contributed by atoms with Gasteiger partial charge in [0.1, 0.15) is 35.8 Å². The highest BCUT2D eigenvalue weighted by atomic mass is 16.7. The van der Waals surface area contributed by atoms with Crippen molar-refractivity contribution in [2.75, 3.05) is 40.9 Å². The molecule has 0 aliphatic carbocycles. The molecule has 6 rings (SSSR count). The second kappa shape index (κ2) is 24.4. The maximum atomic E-state index is 14.6. The number of benzene rings is 1. The molecule has 19 heteroatoms. The molecule has 3 saturated heterocycles. The Kier molecular flexibility index (Phi) is 19.5. The molecule has 0 spiro atoms. The number of H-pyrrole nitrogens is 1. The summed E-state index contributed by atoms with van der Waals surface area (Å²) in [6.45, 7) is 20.2. The number of ether oxygens (including phenoxy) is 6. The van der Waals surface area contributed by atoms with E-state index in [1.165, 1.54) is 14.0 Å². The number of aryl methyl sites for hydroxylation is 1. The first-order valence-corrected chi connectivity index (χ1v) is 26.1. The molecule has 3 aliphatic rings. The molecule has 3 aliphatic heterocycles. The predicted octanol–water partition coefficient (Wildman–Crippen LogP) is 4.24. The van der Waals surface area contributed by atoms with E-state index in [2.05, 4.69) is 25.4 Å². The molecule has 0 bridgehead atoms. The number of hydrogen-bond donors (Lipinski definition) is 6. The number of likely N-dealkylation sites (N-methyl/N-ethyl adjacent to an activating group) is 2. The molecule has 6 N–H and O–H groups in total. The minimum Gasteiger partial charge on any atom is -0.494 e. The standard InChI is InChI=1S/C53H87N7O12/c1-14-43-53(10,66)46(62)35(6)59(12)29-31(2)25-51(8,65)48(33(4)44(34(5)49(64)71-43)42-26-52(9,67-13)47(63)36(7)70-42)72-50-45(61)41(24-32(3)69-50)58(11)22-20-39-30-60(57-56-39)21-15-23-68-40-18-16-37(17-19-40)38-27-54-55-28-38/h16-19,27-28,30-36,41-48,50,61-63,65-66H,14-15,20-26,29H2,1-13H3,(H,54,55)/t31-,32-,33+,34-,35-,36+,41+,42-,43-,44?,45-,46-,47+,48-,50+,51-,52-,53-/m1/s1. The van der Waals surface area contributed by atoms with Crippen molar-refractivity contribution < 1.29 is 58.7 Å². The maximum absolute atomic E-state index is 14.6. The molecule has 0 radical (unpaired) electrons. The number of aliphatic hydroxyl groups is 5. The number of aliphatic hydroxyl groups excluding tert-OH is 3. The van der Waals surface area contributed by atoms with Crippen LogP contribution in [0.2, 0.25) is 0 Å². The number of esters is 1. The van der Waals surface area contributed by atoms with Gasteiger partial charge >= 0.3 is 5.97 Å². The zero-order valence-corrected chi connectivity index (χ0v) is 45.0. The maximum Gasteiger partial charge on any atom is 0.309 e. The van der Waals surface area contributed by atoms with Crippen LogP contribution in [0.4, 0.5) is 0 Å². The second-order valence-electron chi connectivity index (χ2n) is 22.2. The largest absolute Gasteiger partial charge is 0.494 e. The average molecular weight is 1010 g/mol. The van der Waals surface area contributed by atoms with Crippen LogP contribution < -0.4 is 4.74 Å². The van der Waals surface area contributed by atoms with Crippen LogP contribution in [-0.2, 0) is 41.4 Å². The van der Waals surface area contributed by atoms with Crippen molar-refractivity contribution in [3.63, 3.8) is 0 Å². The minimum atomic E-state index is -1.81. The molecule has 1 aromatic carbocycles. The normalized spacial score (nSPS) is 39.0. The highest BCUT2D eigenvalue weighted by Crippen LogP contribution is 2.45. The fraction of sp³-hybridized carbons (Fsp3) is 0.774. The lowest BCUT2D eigenvalue weighted by Gasteiger charge is -2.51. The van der Waals surface area contributed by atoms with Gasteiger partial charge in [-0.25, -0.2) is 0 Å². The molecule has 3 aromatic rings. The van der Waals surface area contributed by atoms with Crippen LogP contribution >= 0.6 is 0 Å². The summed E-state index contributed by atoms with van der Waals surface area (Å²) >= 11 is 0. The molecule has 18 atom stereocenters. The molecular formula is C53H87N7O12.